The fraction of sp³-hybridized carbons (Fsp3) is 0.333. The first-order chi connectivity index (χ1) is 11.2. The number of nitrogens with zero attached hydrogens (tertiary/aromatic N) is 4. The Morgan fingerprint density at radius 1 is 1.22 bits per heavy atom. The van der Waals surface area contributed by atoms with Crippen molar-refractivity contribution in [3.05, 3.63) is 53.4 Å². The van der Waals surface area contributed by atoms with Crippen LogP contribution >= 0.6 is 11.6 Å². The van der Waals surface area contributed by atoms with Crippen LogP contribution in [-0.2, 0) is 0 Å². The summed E-state index contributed by atoms with van der Waals surface area (Å²) in [5.41, 5.74) is 3.99. The van der Waals surface area contributed by atoms with Crippen molar-refractivity contribution in [2.75, 3.05) is 20.1 Å². The topological polar surface area (TPSA) is 33.4 Å². The van der Waals surface area contributed by atoms with Gasteiger partial charge < -0.3 is 4.90 Å². The van der Waals surface area contributed by atoms with Crippen molar-refractivity contribution < 1.29 is 0 Å². The number of likely N-dealkylation sites (tertiary alicyclic amines) is 1. The quantitative estimate of drug-likeness (QED) is 0.717. The summed E-state index contributed by atoms with van der Waals surface area (Å²) in [7, 11) is 2.18. The molecule has 0 radical (unpaired) electrons. The number of likely N-dealkylation sites (N-methyl/N-ethyl adjacent to an activating group) is 1. The largest absolute Gasteiger partial charge is 0.306 e. The van der Waals surface area contributed by atoms with Gasteiger partial charge in [-0.25, -0.2) is 4.98 Å². The van der Waals surface area contributed by atoms with Gasteiger partial charge >= 0.3 is 0 Å². The number of rotatable bonds is 2. The molecular weight excluding hydrogens is 308 g/mol. The monoisotopic (exact) mass is 326 g/mol. The number of halogens is 1. The van der Waals surface area contributed by atoms with Crippen molar-refractivity contribution in [2.45, 2.75) is 18.8 Å². The molecule has 23 heavy (non-hydrogen) atoms. The van der Waals surface area contributed by atoms with Crippen LogP contribution in [0.25, 0.3) is 17.0 Å². The van der Waals surface area contributed by atoms with Crippen LogP contribution in [0.1, 0.15) is 24.5 Å². The van der Waals surface area contributed by atoms with Crippen LogP contribution in [0.2, 0.25) is 5.02 Å². The highest BCUT2D eigenvalue weighted by Gasteiger charge is 2.20. The molecule has 1 fully saturated rings. The summed E-state index contributed by atoms with van der Waals surface area (Å²) in [5, 5.41) is 0.696. The number of imidazole rings is 1. The second-order valence-electron chi connectivity index (χ2n) is 6.27. The van der Waals surface area contributed by atoms with E-state index < -0.39 is 0 Å². The molecular formula is C18H19ClN4. The van der Waals surface area contributed by atoms with Crippen LogP contribution in [0, 0.1) is 0 Å². The van der Waals surface area contributed by atoms with Gasteiger partial charge in [0.15, 0.2) is 0 Å². The van der Waals surface area contributed by atoms with Crippen molar-refractivity contribution >= 4 is 17.2 Å². The molecule has 3 aromatic rings. The van der Waals surface area contributed by atoms with Crippen LogP contribution in [-0.4, -0.2) is 39.4 Å². The maximum absolute atomic E-state index is 6.13. The molecule has 1 aliphatic rings. The lowest BCUT2D eigenvalue weighted by Crippen LogP contribution is -2.31. The molecule has 4 nitrogen and oxygen atoms in total. The normalized spacial score (nSPS) is 19.3. The zero-order chi connectivity index (χ0) is 15.8. The smallest absolute Gasteiger partial charge is 0.137 e. The van der Waals surface area contributed by atoms with E-state index in [1.165, 1.54) is 25.1 Å². The maximum Gasteiger partial charge on any atom is 0.137 e. The van der Waals surface area contributed by atoms with Gasteiger partial charge in [0.25, 0.3) is 0 Å². The molecule has 0 aliphatic carbocycles. The van der Waals surface area contributed by atoms with Gasteiger partial charge in [-0.15, -0.1) is 0 Å². The Morgan fingerprint density at radius 2 is 2.13 bits per heavy atom. The first-order valence-corrected chi connectivity index (χ1v) is 8.37. The third-order valence-corrected chi connectivity index (χ3v) is 4.77. The van der Waals surface area contributed by atoms with E-state index in [4.69, 9.17) is 16.6 Å². The predicted octanol–water partition coefficient (Wildman–Crippen LogP) is 3.86. The molecule has 1 atom stereocenters. The highest BCUT2D eigenvalue weighted by molar-refractivity contribution is 6.30. The molecule has 4 heterocycles. The Morgan fingerprint density at radius 3 is 3.00 bits per heavy atom. The fourth-order valence-electron chi connectivity index (χ4n) is 3.37. The molecule has 0 saturated carbocycles. The van der Waals surface area contributed by atoms with E-state index in [0.717, 1.165) is 23.6 Å². The molecule has 0 spiro atoms. The minimum Gasteiger partial charge on any atom is -0.306 e. The summed E-state index contributed by atoms with van der Waals surface area (Å²) in [6, 6.07) is 10.1. The van der Waals surface area contributed by atoms with Crippen LogP contribution in [0.15, 0.2) is 42.7 Å². The van der Waals surface area contributed by atoms with Crippen LogP contribution < -0.4 is 0 Å². The third kappa shape index (κ3) is 2.84. The molecule has 0 bridgehead atoms. The van der Waals surface area contributed by atoms with Crippen molar-refractivity contribution in [3.63, 3.8) is 0 Å². The van der Waals surface area contributed by atoms with Gasteiger partial charge in [-0.3, -0.25) is 9.38 Å². The average Bonchev–Trinajstić information content (AvgIpc) is 2.98. The van der Waals surface area contributed by atoms with E-state index in [1.54, 1.807) is 0 Å². The summed E-state index contributed by atoms with van der Waals surface area (Å²) in [6.45, 7) is 2.26. The zero-order valence-corrected chi connectivity index (χ0v) is 13.9. The van der Waals surface area contributed by atoms with Crippen LogP contribution in [0.4, 0.5) is 0 Å². The lowest BCUT2D eigenvalue weighted by Gasteiger charge is -2.29. The lowest BCUT2D eigenvalue weighted by molar-refractivity contribution is 0.248. The van der Waals surface area contributed by atoms with Gasteiger partial charge in [-0.05, 0) is 50.7 Å². The Hall–Kier alpha value is -1.91. The summed E-state index contributed by atoms with van der Waals surface area (Å²) >= 11 is 6.13. The fourth-order valence-corrected chi connectivity index (χ4v) is 3.53. The average molecular weight is 327 g/mol. The first-order valence-electron chi connectivity index (χ1n) is 7.99. The number of pyridine rings is 2. The maximum atomic E-state index is 6.13. The van der Waals surface area contributed by atoms with Crippen molar-refractivity contribution in [2.24, 2.45) is 0 Å². The Labute approximate surface area is 140 Å². The molecule has 0 unspecified atom stereocenters. The van der Waals surface area contributed by atoms with Gasteiger partial charge in [0.1, 0.15) is 5.65 Å². The summed E-state index contributed by atoms with van der Waals surface area (Å²) in [4.78, 5) is 11.8. The van der Waals surface area contributed by atoms with Gasteiger partial charge in [0, 0.05) is 24.4 Å². The van der Waals surface area contributed by atoms with Crippen molar-refractivity contribution in [1.29, 1.82) is 0 Å². The van der Waals surface area contributed by atoms with E-state index >= 15 is 0 Å². The first kappa shape index (κ1) is 14.7. The molecule has 1 saturated heterocycles. The zero-order valence-electron chi connectivity index (χ0n) is 13.1. The van der Waals surface area contributed by atoms with Crippen molar-refractivity contribution in [3.8, 4) is 11.4 Å². The predicted molar refractivity (Wildman–Crippen MR) is 92.9 cm³/mol. The van der Waals surface area contributed by atoms with Gasteiger partial charge in [-0.1, -0.05) is 17.7 Å². The van der Waals surface area contributed by atoms with Crippen LogP contribution in [0.3, 0.4) is 0 Å². The highest BCUT2D eigenvalue weighted by Crippen LogP contribution is 2.27. The third-order valence-electron chi connectivity index (χ3n) is 4.55. The minimum atomic E-state index is 0.511. The molecule has 0 aromatic carbocycles. The van der Waals surface area contributed by atoms with E-state index in [2.05, 4.69) is 29.1 Å². The second kappa shape index (κ2) is 5.95. The standard InChI is InChI=1S/C18H19ClN4/c1-22-9-3-4-13(11-22)15-5-2-6-16(21-15)17-10-20-18-8-7-14(19)12-23(17)18/h2,5-8,10,12-13H,3-4,9,11H2,1H3/t13-/m0/s1. The molecule has 118 valence electrons. The highest BCUT2D eigenvalue weighted by atomic mass is 35.5. The molecule has 1 aliphatic heterocycles. The number of aromatic nitrogens is 3. The molecule has 3 aromatic heterocycles. The van der Waals surface area contributed by atoms with E-state index in [0.29, 0.717) is 10.9 Å². The number of piperidine rings is 1. The molecule has 0 N–H and O–H groups in total. The SMILES string of the molecule is CN1CCC[C@H](c2cccc(-c3cnc4ccc(Cl)cn34)n2)C1. The summed E-state index contributed by atoms with van der Waals surface area (Å²) in [5.74, 6) is 0.511. The van der Waals surface area contributed by atoms with E-state index in [9.17, 15) is 0 Å². The minimum absolute atomic E-state index is 0.511. The lowest BCUT2D eigenvalue weighted by atomic mass is 9.94. The van der Waals surface area contributed by atoms with Crippen molar-refractivity contribution in [1.82, 2.24) is 19.3 Å². The Balaban J connectivity index is 1.74. The Bertz CT molecular complexity index is 842. The van der Waals surface area contributed by atoms with Gasteiger partial charge in [0.2, 0.25) is 0 Å². The van der Waals surface area contributed by atoms with Crippen LogP contribution in [0.5, 0.6) is 0 Å². The Kier molecular flexibility index (Phi) is 3.79. The number of hydrogen-bond acceptors (Lipinski definition) is 3. The molecule has 5 heteroatoms. The molecule has 4 rings (SSSR count). The summed E-state index contributed by atoms with van der Waals surface area (Å²) < 4.78 is 2.00. The number of fused-ring (bicyclic) bond motifs is 1. The van der Waals surface area contributed by atoms with E-state index in [1.807, 2.05) is 35.0 Å². The molecule has 0 amide bonds. The summed E-state index contributed by atoms with van der Waals surface area (Å²) in [6.07, 6.45) is 6.20. The van der Waals surface area contributed by atoms with Gasteiger partial charge in [0.05, 0.1) is 22.6 Å². The van der Waals surface area contributed by atoms with Gasteiger partial charge in [-0.2, -0.15) is 0 Å². The second-order valence-corrected chi connectivity index (χ2v) is 6.70. The van der Waals surface area contributed by atoms with E-state index in [-0.39, 0.29) is 0 Å². The number of hydrogen-bond donors (Lipinski definition) is 0.